The van der Waals surface area contributed by atoms with Gasteiger partial charge in [-0.15, -0.1) is 0 Å². The van der Waals surface area contributed by atoms with Crippen molar-refractivity contribution in [3.05, 3.63) is 69.2 Å². The van der Waals surface area contributed by atoms with E-state index in [0.29, 0.717) is 23.1 Å². The zero-order valence-corrected chi connectivity index (χ0v) is 12.3. The van der Waals surface area contributed by atoms with Crippen LogP contribution in [0.4, 0.5) is 0 Å². The molecule has 0 spiro atoms. The molecule has 0 saturated carbocycles. The lowest BCUT2D eigenvalue weighted by atomic mass is 9.99. The number of carbonyl (C=O) groups is 1. The van der Waals surface area contributed by atoms with E-state index in [0.717, 1.165) is 23.1 Å². The average molecular weight is 306 g/mol. The minimum Gasteiger partial charge on any atom is -0.334 e. The van der Waals surface area contributed by atoms with Crippen molar-refractivity contribution < 1.29 is 4.79 Å². The zero-order valence-electron chi connectivity index (χ0n) is 10.8. The van der Waals surface area contributed by atoms with Gasteiger partial charge in [0.2, 0.25) is 0 Å². The molecule has 2 aromatic rings. The van der Waals surface area contributed by atoms with Crippen LogP contribution in [-0.4, -0.2) is 17.4 Å². The third-order valence-electron chi connectivity index (χ3n) is 3.60. The predicted octanol–water partition coefficient (Wildman–Crippen LogP) is 4.19. The second-order valence-corrected chi connectivity index (χ2v) is 5.65. The Kier molecular flexibility index (Phi) is 3.68. The van der Waals surface area contributed by atoms with E-state index in [2.05, 4.69) is 0 Å². The van der Waals surface area contributed by atoms with Crippen LogP contribution in [-0.2, 0) is 13.0 Å². The summed E-state index contributed by atoms with van der Waals surface area (Å²) in [5.74, 6) is 0.0443. The van der Waals surface area contributed by atoms with E-state index >= 15 is 0 Å². The van der Waals surface area contributed by atoms with Crippen LogP contribution in [0.1, 0.15) is 21.5 Å². The fraction of sp³-hybridized carbons (Fsp3) is 0.188. The number of halogens is 2. The molecule has 0 saturated heterocycles. The van der Waals surface area contributed by atoms with E-state index in [1.165, 1.54) is 0 Å². The van der Waals surface area contributed by atoms with Crippen LogP contribution >= 0.6 is 23.2 Å². The summed E-state index contributed by atoms with van der Waals surface area (Å²) in [6.07, 6.45) is 0.865. The molecule has 1 amide bonds. The number of fused-ring (bicyclic) bond motifs is 1. The van der Waals surface area contributed by atoms with Gasteiger partial charge in [0.1, 0.15) is 0 Å². The number of amides is 1. The van der Waals surface area contributed by atoms with Gasteiger partial charge in [-0.2, -0.15) is 0 Å². The quantitative estimate of drug-likeness (QED) is 0.814. The van der Waals surface area contributed by atoms with Crippen LogP contribution in [0, 0.1) is 0 Å². The number of hydrogen-bond acceptors (Lipinski definition) is 1. The Balaban J connectivity index is 1.89. The van der Waals surface area contributed by atoms with Crippen LogP contribution in [0.2, 0.25) is 10.0 Å². The Labute approximate surface area is 127 Å². The highest BCUT2D eigenvalue weighted by molar-refractivity contribution is 6.36. The lowest BCUT2D eigenvalue weighted by Gasteiger charge is -2.29. The molecule has 2 aromatic carbocycles. The molecule has 0 N–H and O–H groups in total. The fourth-order valence-electron chi connectivity index (χ4n) is 2.50. The third-order valence-corrected chi connectivity index (χ3v) is 4.30. The van der Waals surface area contributed by atoms with Crippen molar-refractivity contribution in [2.45, 2.75) is 13.0 Å². The van der Waals surface area contributed by atoms with Gasteiger partial charge in [-0.05, 0) is 30.2 Å². The van der Waals surface area contributed by atoms with Crippen molar-refractivity contribution in [1.82, 2.24) is 4.90 Å². The van der Waals surface area contributed by atoms with Crippen molar-refractivity contribution in [3.8, 4) is 0 Å². The predicted molar refractivity (Wildman–Crippen MR) is 81.3 cm³/mol. The first kappa shape index (κ1) is 13.5. The first-order valence-corrected chi connectivity index (χ1v) is 7.22. The molecule has 0 fully saturated rings. The van der Waals surface area contributed by atoms with Gasteiger partial charge < -0.3 is 4.90 Å². The SMILES string of the molecule is O=C1c2ccccc2CCN1Cc1c(Cl)cccc1Cl. The van der Waals surface area contributed by atoms with Crippen LogP contribution < -0.4 is 0 Å². The molecule has 1 aliphatic heterocycles. The molecule has 0 atom stereocenters. The van der Waals surface area contributed by atoms with Crippen molar-refractivity contribution in [2.24, 2.45) is 0 Å². The minimum absolute atomic E-state index is 0.0443. The molecule has 102 valence electrons. The standard InChI is InChI=1S/C16H13Cl2NO/c17-14-6-3-7-15(18)13(14)10-19-9-8-11-4-1-2-5-12(11)16(19)20/h1-7H,8-10H2. The second kappa shape index (κ2) is 5.47. The first-order valence-electron chi connectivity index (χ1n) is 6.47. The number of hydrogen-bond donors (Lipinski definition) is 0. The van der Waals surface area contributed by atoms with Crippen LogP contribution in [0.3, 0.4) is 0 Å². The summed E-state index contributed by atoms with van der Waals surface area (Å²) in [6, 6.07) is 13.1. The van der Waals surface area contributed by atoms with E-state index in [1.807, 2.05) is 30.3 Å². The Morgan fingerprint density at radius 2 is 1.70 bits per heavy atom. The summed E-state index contributed by atoms with van der Waals surface area (Å²) in [5.41, 5.74) is 2.70. The summed E-state index contributed by atoms with van der Waals surface area (Å²) in [7, 11) is 0. The number of carbonyl (C=O) groups excluding carboxylic acids is 1. The van der Waals surface area contributed by atoms with Gasteiger partial charge in [0.15, 0.2) is 0 Å². The van der Waals surface area contributed by atoms with Gasteiger partial charge in [-0.1, -0.05) is 47.5 Å². The molecule has 1 aliphatic rings. The largest absolute Gasteiger partial charge is 0.334 e. The van der Waals surface area contributed by atoms with Gasteiger partial charge in [-0.25, -0.2) is 0 Å². The molecule has 3 rings (SSSR count). The lowest BCUT2D eigenvalue weighted by molar-refractivity contribution is 0.0727. The zero-order chi connectivity index (χ0) is 14.1. The van der Waals surface area contributed by atoms with E-state index in [1.54, 1.807) is 17.0 Å². The van der Waals surface area contributed by atoms with Crippen molar-refractivity contribution in [3.63, 3.8) is 0 Å². The molecule has 0 bridgehead atoms. The van der Waals surface area contributed by atoms with Gasteiger partial charge in [0.05, 0.1) is 0 Å². The molecular formula is C16H13Cl2NO. The molecule has 0 unspecified atom stereocenters. The molecule has 0 aromatic heterocycles. The van der Waals surface area contributed by atoms with Crippen LogP contribution in [0.25, 0.3) is 0 Å². The monoisotopic (exact) mass is 305 g/mol. The van der Waals surface area contributed by atoms with Gasteiger partial charge >= 0.3 is 0 Å². The van der Waals surface area contributed by atoms with E-state index in [-0.39, 0.29) is 5.91 Å². The smallest absolute Gasteiger partial charge is 0.254 e. The summed E-state index contributed by atoms with van der Waals surface area (Å²) >= 11 is 12.3. The van der Waals surface area contributed by atoms with Crippen molar-refractivity contribution in [1.29, 1.82) is 0 Å². The maximum Gasteiger partial charge on any atom is 0.254 e. The molecule has 20 heavy (non-hydrogen) atoms. The number of benzene rings is 2. The Hall–Kier alpha value is -1.51. The van der Waals surface area contributed by atoms with Crippen LogP contribution in [0.5, 0.6) is 0 Å². The Morgan fingerprint density at radius 1 is 1.00 bits per heavy atom. The molecule has 2 nitrogen and oxygen atoms in total. The fourth-order valence-corrected chi connectivity index (χ4v) is 3.02. The summed E-state index contributed by atoms with van der Waals surface area (Å²) < 4.78 is 0. The highest BCUT2D eigenvalue weighted by Gasteiger charge is 2.24. The minimum atomic E-state index is 0.0443. The molecule has 4 heteroatoms. The van der Waals surface area contributed by atoms with Gasteiger partial charge in [0, 0.05) is 34.3 Å². The Morgan fingerprint density at radius 3 is 2.45 bits per heavy atom. The molecule has 0 aliphatic carbocycles. The lowest BCUT2D eigenvalue weighted by Crippen LogP contribution is -2.37. The first-order chi connectivity index (χ1) is 9.66. The van der Waals surface area contributed by atoms with Gasteiger partial charge in [0.25, 0.3) is 5.91 Å². The normalized spacial score (nSPS) is 14.3. The topological polar surface area (TPSA) is 20.3 Å². The number of nitrogens with zero attached hydrogens (tertiary/aromatic N) is 1. The highest BCUT2D eigenvalue weighted by atomic mass is 35.5. The van der Waals surface area contributed by atoms with Crippen molar-refractivity contribution >= 4 is 29.1 Å². The second-order valence-electron chi connectivity index (χ2n) is 4.83. The maximum atomic E-state index is 12.5. The number of rotatable bonds is 2. The average Bonchev–Trinajstić information content (AvgIpc) is 2.45. The van der Waals surface area contributed by atoms with E-state index in [9.17, 15) is 4.79 Å². The highest BCUT2D eigenvalue weighted by Crippen LogP contribution is 2.28. The summed E-state index contributed by atoms with van der Waals surface area (Å²) in [4.78, 5) is 14.3. The summed E-state index contributed by atoms with van der Waals surface area (Å²) in [6.45, 7) is 1.14. The van der Waals surface area contributed by atoms with Crippen LogP contribution in [0.15, 0.2) is 42.5 Å². The van der Waals surface area contributed by atoms with E-state index < -0.39 is 0 Å². The molecular weight excluding hydrogens is 293 g/mol. The third kappa shape index (κ3) is 2.41. The summed E-state index contributed by atoms with van der Waals surface area (Å²) in [5, 5.41) is 1.20. The molecule has 1 heterocycles. The maximum absolute atomic E-state index is 12.5. The van der Waals surface area contributed by atoms with Gasteiger partial charge in [-0.3, -0.25) is 4.79 Å². The molecule has 0 radical (unpaired) electrons. The van der Waals surface area contributed by atoms with E-state index in [4.69, 9.17) is 23.2 Å². The van der Waals surface area contributed by atoms with Crippen molar-refractivity contribution in [2.75, 3.05) is 6.54 Å². The Bertz CT molecular complexity index is 649.